The van der Waals surface area contributed by atoms with Crippen LogP contribution in [0.3, 0.4) is 0 Å². The van der Waals surface area contributed by atoms with Gasteiger partial charge in [-0.1, -0.05) is 19.8 Å². The molecule has 4 heteroatoms. The van der Waals surface area contributed by atoms with Crippen molar-refractivity contribution in [2.45, 2.75) is 32.6 Å². The highest BCUT2D eigenvalue weighted by Gasteiger charge is 2.19. The Morgan fingerprint density at radius 3 is 2.69 bits per heavy atom. The molecule has 0 bridgehead atoms. The van der Waals surface area contributed by atoms with E-state index in [9.17, 15) is 4.79 Å². The highest BCUT2D eigenvalue weighted by atomic mass is 16.3. The fourth-order valence-corrected chi connectivity index (χ4v) is 2.30. The highest BCUT2D eigenvalue weighted by molar-refractivity contribution is 5.77. The van der Waals surface area contributed by atoms with Crippen molar-refractivity contribution in [1.29, 1.82) is 0 Å². The van der Waals surface area contributed by atoms with Crippen LogP contribution in [-0.4, -0.2) is 48.7 Å². The molecule has 1 amide bonds. The Labute approximate surface area is 98.0 Å². The summed E-state index contributed by atoms with van der Waals surface area (Å²) in [6, 6.07) is 0. The van der Waals surface area contributed by atoms with Gasteiger partial charge in [-0.2, -0.15) is 0 Å². The zero-order chi connectivity index (χ0) is 11.8. The minimum absolute atomic E-state index is 0.0182. The zero-order valence-corrected chi connectivity index (χ0v) is 10.2. The SMILES string of the molecule is CCCC1CCN(CC(=O)NCCO)CC1. The van der Waals surface area contributed by atoms with E-state index >= 15 is 0 Å². The van der Waals surface area contributed by atoms with E-state index in [1.54, 1.807) is 0 Å². The standard InChI is InChI=1S/C12H24N2O2/c1-2-3-11-4-7-14(8-5-11)10-12(16)13-6-9-15/h11,15H,2-10H2,1H3,(H,13,16). The number of aliphatic hydroxyl groups is 1. The number of aliphatic hydroxyl groups excluding tert-OH is 1. The molecule has 0 aromatic heterocycles. The summed E-state index contributed by atoms with van der Waals surface area (Å²) in [5.41, 5.74) is 0. The lowest BCUT2D eigenvalue weighted by atomic mass is 9.92. The van der Waals surface area contributed by atoms with Crippen LogP contribution in [0.4, 0.5) is 0 Å². The largest absolute Gasteiger partial charge is 0.395 e. The van der Waals surface area contributed by atoms with Gasteiger partial charge in [0.05, 0.1) is 13.2 Å². The van der Waals surface area contributed by atoms with Gasteiger partial charge in [-0.25, -0.2) is 0 Å². The smallest absolute Gasteiger partial charge is 0.234 e. The lowest BCUT2D eigenvalue weighted by Crippen LogP contribution is -2.42. The number of hydrogen-bond donors (Lipinski definition) is 2. The van der Waals surface area contributed by atoms with Crippen LogP contribution in [0, 0.1) is 5.92 Å². The number of carbonyl (C=O) groups excluding carboxylic acids is 1. The molecule has 1 fully saturated rings. The van der Waals surface area contributed by atoms with E-state index in [1.165, 1.54) is 25.7 Å². The third-order valence-electron chi connectivity index (χ3n) is 3.21. The fourth-order valence-electron chi connectivity index (χ4n) is 2.30. The van der Waals surface area contributed by atoms with E-state index in [1.807, 2.05) is 0 Å². The van der Waals surface area contributed by atoms with E-state index in [2.05, 4.69) is 17.1 Å². The van der Waals surface area contributed by atoms with Crippen molar-refractivity contribution in [3.63, 3.8) is 0 Å². The molecule has 0 spiro atoms. The Balaban J connectivity index is 2.14. The Bertz CT molecular complexity index is 201. The first-order valence-corrected chi connectivity index (χ1v) is 6.36. The predicted molar refractivity (Wildman–Crippen MR) is 64.2 cm³/mol. The van der Waals surface area contributed by atoms with Crippen LogP contribution < -0.4 is 5.32 Å². The number of amides is 1. The molecule has 1 saturated heterocycles. The lowest BCUT2D eigenvalue weighted by molar-refractivity contribution is -0.122. The van der Waals surface area contributed by atoms with E-state index in [4.69, 9.17) is 5.11 Å². The quantitative estimate of drug-likeness (QED) is 0.700. The first-order valence-electron chi connectivity index (χ1n) is 6.36. The minimum Gasteiger partial charge on any atom is -0.395 e. The number of likely N-dealkylation sites (tertiary alicyclic amines) is 1. The highest BCUT2D eigenvalue weighted by Crippen LogP contribution is 2.21. The predicted octanol–water partition coefficient (Wildman–Crippen LogP) is 0.607. The van der Waals surface area contributed by atoms with Crippen LogP contribution in [0.15, 0.2) is 0 Å². The van der Waals surface area contributed by atoms with Crippen LogP contribution in [0.5, 0.6) is 0 Å². The van der Waals surface area contributed by atoms with Crippen LogP contribution >= 0.6 is 0 Å². The number of piperidine rings is 1. The van der Waals surface area contributed by atoms with Crippen LogP contribution in [-0.2, 0) is 4.79 Å². The van der Waals surface area contributed by atoms with Crippen molar-refractivity contribution in [2.75, 3.05) is 32.8 Å². The third kappa shape index (κ3) is 4.94. The van der Waals surface area contributed by atoms with Crippen LogP contribution in [0.1, 0.15) is 32.6 Å². The van der Waals surface area contributed by atoms with Gasteiger partial charge in [-0.15, -0.1) is 0 Å². The Morgan fingerprint density at radius 2 is 2.12 bits per heavy atom. The normalized spacial score (nSPS) is 18.6. The Hall–Kier alpha value is -0.610. The molecule has 0 aromatic rings. The molecule has 1 aliphatic rings. The average Bonchev–Trinajstić information content (AvgIpc) is 2.29. The fraction of sp³-hybridized carbons (Fsp3) is 0.917. The summed E-state index contributed by atoms with van der Waals surface area (Å²) in [6.45, 7) is 5.18. The number of hydrogen-bond acceptors (Lipinski definition) is 3. The topological polar surface area (TPSA) is 52.6 Å². The maximum Gasteiger partial charge on any atom is 0.234 e. The van der Waals surface area contributed by atoms with E-state index in [0.29, 0.717) is 13.1 Å². The zero-order valence-electron chi connectivity index (χ0n) is 10.2. The second kappa shape index (κ2) is 7.63. The molecule has 1 heterocycles. The second-order valence-electron chi connectivity index (χ2n) is 4.58. The molecular weight excluding hydrogens is 204 g/mol. The third-order valence-corrected chi connectivity index (χ3v) is 3.21. The first kappa shape index (κ1) is 13.5. The van der Waals surface area contributed by atoms with Gasteiger partial charge in [0.1, 0.15) is 0 Å². The summed E-state index contributed by atoms with van der Waals surface area (Å²) in [4.78, 5) is 13.6. The van der Waals surface area contributed by atoms with E-state index in [-0.39, 0.29) is 12.5 Å². The van der Waals surface area contributed by atoms with Gasteiger partial charge in [0.25, 0.3) is 0 Å². The van der Waals surface area contributed by atoms with Crippen molar-refractivity contribution in [3.05, 3.63) is 0 Å². The average molecular weight is 228 g/mol. The van der Waals surface area contributed by atoms with Gasteiger partial charge in [0.2, 0.25) is 5.91 Å². The molecule has 0 aromatic carbocycles. The van der Waals surface area contributed by atoms with Crippen molar-refractivity contribution in [3.8, 4) is 0 Å². The summed E-state index contributed by atoms with van der Waals surface area (Å²) < 4.78 is 0. The summed E-state index contributed by atoms with van der Waals surface area (Å²) >= 11 is 0. The van der Waals surface area contributed by atoms with E-state index in [0.717, 1.165) is 19.0 Å². The van der Waals surface area contributed by atoms with Crippen molar-refractivity contribution < 1.29 is 9.90 Å². The molecule has 2 N–H and O–H groups in total. The number of carbonyl (C=O) groups is 1. The molecule has 0 radical (unpaired) electrons. The summed E-state index contributed by atoms with van der Waals surface area (Å²) in [6.07, 6.45) is 5.04. The van der Waals surface area contributed by atoms with Gasteiger partial charge < -0.3 is 10.4 Å². The maximum absolute atomic E-state index is 11.4. The monoisotopic (exact) mass is 228 g/mol. The summed E-state index contributed by atoms with van der Waals surface area (Å²) in [5.74, 6) is 0.893. The summed E-state index contributed by atoms with van der Waals surface area (Å²) in [7, 11) is 0. The molecule has 0 aliphatic carbocycles. The Kier molecular flexibility index (Phi) is 6.42. The molecule has 0 unspecified atom stereocenters. The summed E-state index contributed by atoms with van der Waals surface area (Å²) in [5, 5.41) is 11.3. The van der Waals surface area contributed by atoms with Gasteiger partial charge in [-0.3, -0.25) is 9.69 Å². The van der Waals surface area contributed by atoms with Gasteiger partial charge in [0.15, 0.2) is 0 Å². The van der Waals surface area contributed by atoms with Crippen molar-refractivity contribution in [1.82, 2.24) is 10.2 Å². The maximum atomic E-state index is 11.4. The van der Waals surface area contributed by atoms with Crippen molar-refractivity contribution >= 4 is 5.91 Å². The Morgan fingerprint density at radius 1 is 1.44 bits per heavy atom. The molecule has 4 nitrogen and oxygen atoms in total. The second-order valence-corrected chi connectivity index (χ2v) is 4.58. The van der Waals surface area contributed by atoms with E-state index < -0.39 is 0 Å². The molecule has 0 atom stereocenters. The van der Waals surface area contributed by atoms with Crippen molar-refractivity contribution in [2.24, 2.45) is 5.92 Å². The molecule has 94 valence electrons. The molecule has 1 aliphatic heterocycles. The molecule has 16 heavy (non-hydrogen) atoms. The van der Waals surface area contributed by atoms with Gasteiger partial charge in [-0.05, 0) is 31.8 Å². The molecule has 1 rings (SSSR count). The van der Waals surface area contributed by atoms with Gasteiger partial charge >= 0.3 is 0 Å². The lowest BCUT2D eigenvalue weighted by Gasteiger charge is -2.31. The number of nitrogens with zero attached hydrogens (tertiary/aromatic N) is 1. The number of nitrogens with one attached hydrogen (secondary N) is 1. The molecule has 0 saturated carbocycles. The van der Waals surface area contributed by atoms with Crippen LogP contribution in [0.25, 0.3) is 0 Å². The van der Waals surface area contributed by atoms with Crippen LogP contribution in [0.2, 0.25) is 0 Å². The minimum atomic E-state index is 0.0182. The number of rotatable bonds is 6. The first-order chi connectivity index (χ1) is 7.76. The van der Waals surface area contributed by atoms with Gasteiger partial charge in [0, 0.05) is 6.54 Å². The molecular formula is C12H24N2O2.